The van der Waals surface area contributed by atoms with Crippen molar-refractivity contribution in [3.05, 3.63) is 11.6 Å². The number of carbonyl (C=O) groups is 2. The lowest BCUT2D eigenvalue weighted by molar-refractivity contribution is -0.140. The van der Waals surface area contributed by atoms with Crippen molar-refractivity contribution < 1.29 is 27.9 Å². The molecule has 0 spiro atoms. The summed E-state index contributed by atoms with van der Waals surface area (Å²) in [4.78, 5) is 24.2. The van der Waals surface area contributed by atoms with E-state index in [1.807, 2.05) is 0 Å². The molecule has 0 saturated heterocycles. The predicted molar refractivity (Wildman–Crippen MR) is 69.7 cm³/mol. The number of alkyl halides is 3. The Morgan fingerprint density at radius 1 is 1.48 bits per heavy atom. The van der Waals surface area contributed by atoms with E-state index in [0.717, 1.165) is 6.08 Å². The molecule has 0 fully saturated rings. The first kappa shape index (κ1) is 17.3. The Hall–Kier alpha value is -1.73. The molecule has 2 N–H and O–H groups in total. The van der Waals surface area contributed by atoms with Crippen LogP contribution in [0.5, 0.6) is 0 Å². The van der Waals surface area contributed by atoms with Crippen LogP contribution < -0.4 is 5.32 Å². The number of nitrogens with zero attached hydrogens (tertiary/aromatic N) is 1. The highest BCUT2D eigenvalue weighted by Gasteiger charge is 2.36. The Morgan fingerprint density at radius 3 is 2.48 bits per heavy atom. The minimum Gasteiger partial charge on any atom is -0.480 e. The maximum Gasteiger partial charge on any atom is 0.412 e. The lowest BCUT2D eigenvalue weighted by Crippen LogP contribution is -2.51. The molecule has 2 atom stereocenters. The first-order valence-corrected chi connectivity index (χ1v) is 6.71. The summed E-state index contributed by atoms with van der Waals surface area (Å²) in [6.07, 6.45) is -3.13. The third-order valence-corrected chi connectivity index (χ3v) is 3.62. The van der Waals surface area contributed by atoms with Crippen molar-refractivity contribution >= 4 is 12.0 Å². The average Bonchev–Trinajstić information content (AvgIpc) is 2.42. The molecular weight excluding hydrogens is 289 g/mol. The molecule has 21 heavy (non-hydrogen) atoms. The summed E-state index contributed by atoms with van der Waals surface area (Å²) in [5, 5.41) is 11.4. The van der Waals surface area contributed by atoms with Crippen molar-refractivity contribution in [3.8, 4) is 0 Å². The van der Waals surface area contributed by atoms with Crippen LogP contribution in [0.25, 0.3) is 0 Å². The van der Waals surface area contributed by atoms with E-state index in [4.69, 9.17) is 5.11 Å². The van der Waals surface area contributed by atoms with Crippen LogP contribution >= 0.6 is 0 Å². The van der Waals surface area contributed by atoms with E-state index < -0.39 is 29.8 Å². The highest BCUT2D eigenvalue weighted by atomic mass is 19.4. The van der Waals surface area contributed by atoms with Crippen LogP contribution in [-0.4, -0.2) is 47.3 Å². The first-order valence-electron chi connectivity index (χ1n) is 6.71. The van der Waals surface area contributed by atoms with Gasteiger partial charge in [0.25, 0.3) is 0 Å². The number of carboxylic acid groups (broad SMARTS) is 1. The SMILES string of the molecule is CCC(C)[C@H](NC(=O)N1CC=C(C(F)(F)F)CC1)C(=O)O. The topological polar surface area (TPSA) is 69.6 Å². The van der Waals surface area contributed by atoms with Gasteiger partial charge in [-0.25, -0.2) is 9.59 Å². The number of hydrogen-bond acceptors (Lipinski definition) is 2. The van der Waals surface area contributed by atoms with E-state index in [1.165, 1.54) is 4.90 Å². The minimum absolute atomic E-state index is 0.0793. The van der Waals surface area contributed by atoms with Gasteiger partial charge in [-0.2, -0.15) is 13.2 Å². The third-order valence-electron chi connectivity index (χ3n) is 3.62. The molecule has 0 aromatic carbocycles. The quantitative estimate of drug-likeness (QED) is 0.784. The van der Waals surface area contributed by atoms with Crippen molar-refractivity contribution in [2.24, 2.45) is 5.92 Å². The largest absolute Gasteiger partial charge is 0.480 e. The molecule has 5 nitrogen and oxygen atoms in total. The molecule has 1 rings (SSSR count). The molecule has 2 amide bonds. The van der Waals surface area contributed by atoms with Gasteiger partial charge in [-0.3, -0.25) is 0 Å². The monoisotopic (exact) mass is 308 g/mol. The van der Waals surface area contributed by atoms with Gasteiger partial charge in [0.2, 0.25) is 0 Å². The molecule has 0 aromatic rings. The molecule has 0 bridgehead atoms. The van der Waals surface area contributed by atoms with Gasteiger partial charge in [0.1, 0.15) is 6.04 Å². The smallest absolute Gasteiger partial charge is 0.412 e. The van der Waals surface area contributed by atoms with E-state index >= 15 is 0 Å². The number of aliphatic carboxylic acids is 1. The fraction of sp³-hybridized carbons (Fsp3) is 0.692. The second-order valence-corrected chi connectivity index (χ2v) is 5.07. The van der Waals surface area contributed by atoms with Crippen LogP contribution in [0.1, 0.15) is 26.7 Å². The highest BCUT2D eigenvalue weighted by molar-refractivity contribution is 5.83. The van der Waals surface area contributed by atoms with Gasteiger partial charge in [-0.1, -0.05) is 26.3 Å². The van der Waals surface area contributed by atoms with Gasteiger partial charge in [0.15, 0.2) is 0 Å². The van der Waals surface area contributed by atoms with Crippen LogP contribution in [0.2, 0.25) is 0 Å². The van der Waals surface area contributed by atoms with E-state index in [9.17, 15) is 22.8 Å². The summed E-state index contributed by atoms with van der Waals surface area (Å²) in [6.45, 7) is 3.24. The van der Waals surface area contributed by atoms with Gasteiger partial charge in [-0.05, 0) is 12.3 Å². The van der Waals surface area contributed by atoms with Crippen molar-refractivity contribution in [3.63, 3.8) is 0 Å². The Balaban J connectivity index is 2.65. The summed E-state index contributed by atoms with van der Waals surface area (Å²) < 4.78 is 37.4. The summed E-state index contributed by atoms with van der Waals surface area (Å²) in [7, 11) is 0. The Bertz CT molecular complexity index is 435. The average molecular weight is 308 g/mol. The molecule has 1 unspecified atom stereocenters. The van der Waals surface area contributed by atoms with E-state index in [0.29, 0.717) is 6.42 Å². The normalized spacial score (nSPS) is 18.7. The van der Waals surface area contributed by atoms with Crippen molar-refractivity contribution in [2.45, 2.75) is 38.9 Å². The number of carbonyl (C=O) groups excluding carboxylic acids is 1. The Kier molecular flexibility index (Phi) is 5.62. The summed E-state index contributed by atoms with van der Waals surface area (Å²) in [6, 6.07) is -1.70. The molecule has 1 heterocycles. The number of hydrogen-bond donors (Lipinski definition) is 2. The van der Waals surface area contributed by atoms with Crippen LogP contribution in [0.4, 0.5) is 18.0 Å². The predicted octanol–water partition coefficient (Wildman–Crippen LogP) is 2.39. The molecule has 120 valence electrons. The number of carboxylic acids is 1. The Morgan fingerprint density at radius 2 is 2.10 bits per heavy atom. The summed E-state index contributed by atoms with van der Waals surface area (Å²) >= 11 is 0. The van der Waals surface area contributed by atoms with Gasteiger partial charge in [-0.15, -0.1) is 0 Å². The van der Waals surface area contributed by atoms with Gasteiger partial charge >= 0.3 is 18.2 Å². The highest BCUT2D eigenvalue weighted by Crippen LogP contribution is 2.30. The van der Waals surface area contributed by atoms with Gasteiger partial charge in [0.05, 0.1) is 0 Å². The van der Waals surface area contributed by atoms with E-state index in [-0.39, 0.29) is 25.4 Å². The molecule has 0 aromatic heterocycles. The zero-order valence-corrected chi connectivity index (χ0v) is 11.9. The lowest BCUT2D eigenvalue weighted by atomic mass is 9.99. The van der Waals surface area contributed by atoms with E-state index in [2.05, 4.69) is 5.32 Å². The second kappa shape index (κ2) is 6.82. The second-order valence-electron chi connectivity index (χ2n) is 5.07. The minimum atomic E-state index is -4.37. The lowest BCUT2D eigenvalue weighted by Gasteiger charge is -2.29. The number of rotatable bonds is 4. The third kappa shape index (κ3) is 4.64. The Labute approximate surface area is 120 Å². The van der Waals surface area contributed by atoms with Crippen LogP contribution in [0.15, 0.2) is 11.6 Å². The molecule has 0 radical (unpaired) electrons. The number of amides is 2. The standard InChI is InChI=1S/C13H19F3N2O3/c1-3-8(2)10(11(19)20)17-12(21)18-6-4-9(5-7-18)13(14,15)16/h4,8,10H,3,5-7H2,1-2H3,(H,17,21)(H,19,20)/t8?,10-/m0/s1. The van der Waals surface area contributed by atoms with Gasteiger partial charge in [0, 0.05) is 18.7 Å². The van der Waals surface area contributed by atoms with Crippen LogP contribution in [0, 0.1) is 5.92 Å². The molecule has 1 aliphatic heterocycles. The fourth-order valence-electron chi connectivity index (χ4n) is 2.02. The first-order chi connectivity index (χ1) is 9.66. The van der Waals surface area contributed by atoms with Crippen molar-refractivity contribution in [1.82, 2.24) is 10.2 Å². The molecule has 1 aliphatic rings. The van der Waals surface area contributed by atoms with E-state index in [1.54, 1.807) is 13.8 Å². The van der Waals surface area contributed by atoms with Crippen LogP contribution in [-0.2, 0) is 4.79 Å². The maximum atomic E-state index is 12.5. The number of urea groups is 1. The molecule has 0 aliphatic carbocycles. The number of halogens is 3. The summed E-state index contributed by atoms with van der Waals surface area (Å²) in [5.74, 6) is -1.42. The zero-order chi connectivity index (χ0) is 16.2. The van der Waals surface area contributed by atoms with Crippen molar-refractivity contribution in [2.75, 3.05) is 13.1 Å². The van der Waals surface area contributed by atoms with Gasteiger partial charge < -0.3 is 15.3 Å². The zero-order valence-electron chi connectivity index (χ0n) is 11.9. The summed E-state index contributed by atoms with van der Waals surface area (Å²) in [5.41, 5.74) is -0.650. The molecular formula is C13H19F3N2O3. The van der Waals surface area contributed by atoms with Crippen LogP contribution in [0.3, 0.4) is 0 Å². The molecule has 0 saturated carbocycles. The van der Waals surface area contributed by atoms with Crippen molar-refractivity contribution in [1.29, 1.82) is 0 Å². The molecule has 8 heteroatoms. The maximum absolute atomic E-state index is 12.5. The fourth-order valence-corrected chi connectivity index (χ4v) is 2.02. The number of nitrogens with one attached hydrogen (secondary N) is 1.